The van der Waals surface area contributed by atoms with Crippen LogP contribution in [0, 0.1) is 0 Å². The summed E-state index contributed by atoms with van der Waals surface area (Å²) >= 11 is 0. The van der Waals surface area contributed by atoms with E-state index in [2.05, 4.69) is 15.7 Å². The Labute approximate surface area is 146 Å². The molecule has 0 radical (unpaired) electrons. The molecule has 1 rings (SSSR count). The summed E-state index contributed by atoms with van der Waals surface area (Å²) in [5.41, 5.74) is 1.44. The molecule has 8 nitrogen and oxygen atoms in total. The van der Waals surface area contributed by atoms with E-state index in [1.165, 1.54) is 6.21 Å². The zero-order valence-electron chi connectivity index (χ0n) is 14.5. The molecule has 2 amide bonds. The normalized spacial score (nSPS) is 11.8. The molecule has 0 aliphatic carbocycles. The molecular formula is C17H24N4O4. The van der Waals surface area contributed by atoms with Gasteiger partial charge >= 0.3 is 5.97 Å². The minimum Gasteiger partial charge on any atom is -0.466 e. The Balaban J connectivity index is 2.33. The first-order valence-electron chi connectivity index (χ1n) is 8.02. The highest BCUT2D eigenvalue weighted by Gasteiger charge is 2.13. The van der Waals surface area contributed by atoms with Crippen molar-refractivity contribution in [2.45, 2.75) is 39.2 Å². The van der Waals surface area contributed by atoms with Gasteiger partial charge in [0, 0.05) is 24.6 Å². The molecule has 4 N–H and O–H groups in total. The number of anilines is 1. The number of hydrogen-bond donors (Lipinski definition) is 3. The van der Waals surface area contributed by atoms with Crippen LogP contribution in [0.3, 0.4) is 0 Å². The molecule has 1 unspecified atom stereocenters. The van der Waals surface area contributed by atoms with Crippen molar-refractivity contribution in [2.75, 3.05) is 11.9 Å². The molecule has 1 atom stereocenters. The number of nitrogens with one attached hydrogen (secondary N) is 2. The highest BCUT2D eigenvalue weighted by atomic mass is 16.5. The van der Waals surface area contributed by atoms with E-state index in [-0.39, 0.29) is 43.1 Å². The largest absolute Gasteiger partial charge is 0.466 e. The van der Waals surface area contributed by atoms with Crippen molar-refractivity contribution < 1.29 is 19.1 Å². The number of esters is 1. The molecule has 25 heavy (non-hydrogen) atoms. The van der Waals surface area contributed by atoms with Crippen molar-refractivity contribution in [3.8, 4) is 0 Å². The van der Waals surface area contributed by atoms with E-state index in [1.807, 2.05) is 0 Å². The minimum absolute atomic E-state index is 0.0386. The van der Waals surface area contributed by atoms with E-state index in [1.54, 1.807) is 38.1 Å². The van der Waals surface area contributed by atoms with Crippen molar-refractivity contribution in [3.63, 3.8) is 0 Å². The number of rotatable bonds is 9. The number of hydrogen-bond acceptors (Lipinski definition) is 6. The van der Waals surface area contributed by atoms with Crippen molar-refractivity contribution in [1.82, 2.24) is 5.32 Å². The molecule has 0 aliphatic heterocycles. The average molecular weight is 348 g/mol. The first kappa shape index (κ1) is 20.1. The van der Waals surface area contributed by atoms with Gasteiger partial charge in [-0.3, -0.25) is 14.4 Å². The lowest BCUT2D eigenvalue weighted by atomic mass is 10.2. The van der Waals surface area contributed by atoms with Gasteiger partial charge in [-0.2, -0.15) is 5.10 Å². The number of benzene rings is 1. The van der Waals surface area contributed by atoms with E-state index >= 15 is 0 Å². The monoisotopic (exact) mass is 348 g/mol. The van der Waals surface area contributed by atoms with E-state index in [0.717, 1.165) is 5.56 Å². The standard InChI is InChI=1S/C17H24N4O4/c1-3-25-17(24)10-12(2)20-15(22)8-9-16(23)21-14-6-4-13(5-7-14)11-19-18/h4-7,11-12H,3,8-10,18H2,1-2H3,(H,20,22)(H,21,23). The van der Waals surface area contributed by atoms with Crippen molar-refractivity contribution >= 4 is 29.7 Å². The molecule has 0 heterocycles. The van der Waals surface area contributed by atoms with Gasteiger partial charge in [0.2, 0.25) is 11.8 Å². The zero-order valence-corrected chi connectivity index (χ0v) is 14.5. The first-order chi connectivity index (χ1) is 11.9. The second-order valence-electron chi connectivity index (χ2n) is 5.43. The van der Waals surface area contributed by atoms with Crippen LogP contribution < -0.4 is 16.5 Å². The maximum absolute atomic E-state index is 11.9. The van der Waals surface area contributed by atoms with Crippen molar-refractivity contribution in [3.05, 3.63) is 29.8 Å². The van der Waals surface area contributed by atoms with Gasteiger partial charge in [0.15, 0.2) is 0 Å². The van der Waals surface area contributed by atoms with Gasteiger partial charge in [0.05, 0.1) is 19.2 Å². The molecule has 0 aromatic heterocycles. The second-order valence-corrected chi connectivity index (χ2v) is 5.43. The lowest BCUT2D eigenvalue weighted by Crippen LogP contribution is -2.35. The predicted octanol–water partition coefficient (Wildman–Crippen LogP) is 1.16. The molecule has 0 saturated heterocycles. The highest BCUT2D eigenvalue weighted by molar-refractivity contribution is 5.93. The van der Waals surface area contributed by atoms with Crippen molar-refractivity contribution in [1.29, 1.82) is 0 Å². The number of amides is 2. The van der Waals surface area contributed by atoms with Crippen LogP contribution in [0.15, 0.2) is 29.4 Å². The maximum Gasteiger partial charge on any atom is 0.307 e. The van der Waals surface area contributed by atoms with Gasteiger partial charge in [-0.05, 0) is 31.5 Å². The number of nitrogens with zero attached hydrogens (tertiary/aromatic N) is 1. The summed E-state index contributed by atoms with van der Waals surface area (Å²) in [6.45, 7) is 3.74. The molecular weight excluding hydrogens is 324 g/mol. The Bertz CT molecular complexity index is 614. The van der Waals surface area contributed by atoms with Crippen LogP contribution >= 0.6 is 0 Å². The number of ether oxygens (including phenoxy) is 1. The third-order valence-electron chi connectivity index (χ3n) is 3.18. The van der Waals surface area contributed by atoms with Gasteiger partial charge in [0.25, 0.3) is 0 Å². The third-order valence-corrected chi connectivity index (χ3v) is 3.18. The van der Waals surface area contributed by atoms with E-state index < -0.39 is 0 Å². The van der Waals surface area contributed by atoms with Crippen LogP contribution in [-0.2, 0) is 19.1 Å². The Hall–Kier alpha value is -2.90. The molecule has 0 fully saturated rings. The second kappa shape index (κ2) is 10.8. The Morgan fingerprint density at radius 3 is 2.44 bits per heavy atom. The zero-order chi connectivity index (χ0) is 18.7. The summed E-state index contributed by atoms with van der Waals surface area (Å²) < 4.78 is 4.81. The van der Waals surface area contributed by atoms with Gasteiger partial charge in [-0.1, -0.05) is 12.1 Å². The van der Waals surface area contributed by atoms with Crippen LogP contribution in [0.4, 0.5) is 5.69 Å². The summed E-state index contributed by atoms with van der Waals surface area (Å²) in [6, 6.07) is 6.62. The topological polar surface area (TPSA) is 123 Å². The number of hydrazone groups is 1. The van der Waals surface area contributed by atoms with Crippen molar-refractivity contribution in [2.24, 2.45) is 10.9 Å². The molecule has 0 spiro atoms. The van der Waals surface area contributed by atoms with E-state index in [9.17, 15) is 14.4 Å². The summed E-state index contributed by atoms with van der Waals surface area (Å²) in [7, 11) is 0. The fourth-order valence-corrected chi connectivity index (χ4v) is 2.06. The average Bonchev–Trinajstić information content (AvgIpc) is 2.55. The molecule has 0 saturated carbocycles. The van der Waals surface area contributed by atoms with Crippen LogP contribution in [0.5, 0.6) is 0 Å². The smallest absolute Gasteiger partial charge is 0.307 e. The quantitative estimate of drug-likeness (QED) is 0.267. The van der Waals surface area contributed by atoms with Gasteiger partial charge in [-0.25, -0.2) is 0 Å². The molecule has 1 aromatic carbocycles. The molecule has 0 bridgehead atoms. The Morgan fingerprint density at radius 2 is 1.84 bits per heavy atom. The van der Waals surface area contributed by atoms with Gasteiger partial charge in [0.1, 0.15) is 0 Å². The Kier molecular flexibility index (Phi) is 8.70. The lowest BCUT2D eigenvalue weighted by molar-refractivity contribution is -0.143. The fourth-order valence-electron chi connectivity index (χ4n) is 2.06. The SMILES string of the molecule is CCOC(=O)CC(C)NC(=O)CCC(=O)Nc1ccc(C=NN)cc1. The fraction of sp³-hybridized carbons (Fsp3) is 0.412. The molecule has 8 heteroatoms. The van der Waals surface area contributed by atoms with Gasteiger partial charge in [-0.15, -0.1) is 0 Å². The van der Waals surface area contributed by atoms with Crippen LogP contribution in [0.1, 0.15) is 38.7 Å². The van der Waals surface area contributed by atoms with Crippen LogP contribution in [-0.4, -0.2) is 36.6 Å². The number of carbonyl (C=O) groups excluding carboxylic acids is 3. The summed E-state index contributed by atoms with van der Waals surface area (Å²) in [4.78, 5) is 35.0. The van der Waals surface area contributed by atoms with Crippen LogP contribution in [0.2, 0.25) is 0 Å². The molecule has 0 aliphatic rings. The van der Waals surface area contributed by atoms with E-state index in [0.29, 0.717) is 12.3 Å². The van der Waals surface area contributed by atoms with E-state index in [4.69, 9.17) is 10.6 Å². The minimum atomic E-state index is -0.365. The first-order valence-corrected chi connectivity index (χ1v) is 8.02. The van der Waals surface area contributed by atoms with Crippen LogP contribution in [0.25, 0.3) is 0 Å². The lowest BCUT2D eigenvalue weighted by Gasteiger charge is -2.13. The molecule has 1 aromatic rings. The number of nitrogens with two attached hydrogens (primary N) is 1. The van der Waals surface area contributed by atoms with Gasteiger partial charge < -0.3 is 21.2 Å². The third kappa shape index (κ3) is 8.50. The number of carbonyl (C=O) groups is 3. The molecule has 136 valence electrons. The summed E-state index contributed by atoms with van der Waals surface area (Å²) in [5, 5.41) is 8.78. The predicted molar refractivity (Wildman–Crippen MR) is 94.9 cm³/mol. The summed E-state index contributed by atoms with van der Waals surface area (Å²) in [5.74, 6) is 4.13. The highest BCUT2D eigenvalue weighted by Crippen LogP contribution is 2.09. The maximum atomic E-state index is 11.9. The Morgan fingerprint density at radius 1 is 1.20 bits per heavy atom. The summed E-state index contributed by atoms with van der Waals surface area (Å²) in [6.07, 6.45) is 1.68.